The second-order valence-electron chi connectivity index (χ2n) is 2.25. The first kappa shape index (κ1) is 9.48. The fraction of sp³-hybridized carbons (Fsp3) is 0.143. The van der Waals surface area contributed by atoms with Crippen LogP contribution >= 0.6 is 27.5 Å². The molecule has 1 amide bonds. The average molecular weight is 249 g/mol. The summed E-state index contributed by atoms with van der Waals surface area (Å²) >= 11 is 8.97. The smallest absolute Gasteiger partial charge is 0.251 e. The molecule has 5 heteroatoms. The maximum atomic E-state index is 10.8. The molecule has 1 rings (SSSR count). The number of nitrogens with zero attached hydrogens (tertiary/aromatic N) is 1. The van der Waals surface area contributed by atoms with E-state index in [0.717, 1.165) is 0 Å². The van der Waals surface area contributed by atoms with Crippen LogP contribution in [0.4, 0.5) is 0 Å². The third kappa shape index (κ3) is 1.59. The van der Waals surface area contributed by atoms with Crippen molar-refractivity contribution in [3.05, 3.63) is 26.9 Å². The van der Waals surface area contributed by atoms with Crippen LogP contribution in [0.15, 0.2) is 10.7 Å². The number of carbonyl (C=O) groups is 1. The van der Waals surface area contributed by atoms with Gasteiger partial charge in [-0.05, 0) is 22.9 Å². The molecule has 0 fully saturated rings. The van der Waals surface area contributed by atoms with E-state index in [0.29, 0.717) is 20.8 Å². The topological polar surface area (TPSA) is 56.0 Å². The maximum absolute atomic E-state index is 10.8. The number of aromatic nitrogens is 1. The Morgan fingerprint density at radius 3 is 2.83 bits per heavy atom. The van der Waals surface area contributed by atoms with E-state index in [1.165, 1.54) is 6.20 Å². The average Bonchev–Trinajstić information content (AvgIpc) is 2.00. The number of amides is 1. The van der Waals surface area contributed by atoms with Crippen LogP contribution in [-0.4, -0.2) is 10.9 Å². The lowest BCUT2D eigenvalue weighted by Gasteiger charge is -2.03. The number of nitrogens with two attached hydrogens (primary N) is 1. The number of carbonyl (C=O) groups excluding carboxylic acids is 1. The van der Waals surface area contributed by atoms with E-state index in [1.807, 2.05) is 0 Å². The quantitative estimate of drug-likeness (QED) is 0.826. The lowest BCUT2D eigenvalue weighted by atomic mass is 10.2. The Morgan fingerprint density at radius 1 is 1.75 bits per heavy atom. The van der Waals surface area contributed by atoms with Crippen LogP contribution in [0.1, 0.15) is 16.1 Å². The van der Waals surface area contributed by atoms with Gasteiger partial charge in [0.15, 0.2) is 0 Å². The van der Waals surface area contributed by atoms with E-state index in [2.05, 4.69) is 20.9 Å². The SMILES string of the molecule is Cc1ncc(C(N)=O)c(Br)c1Cl. The third-order valence-electron chi connectivity index (χ3n) is 1.40. The maximum Gasteiger partial charge on any atom is 0.251 e. The van der Waals surface area contributed by atoms with E-state index < -0.39 is 5.91 Å². The van der Waals surface area contributed by atoms with Crippen molar-refractivity contribution in [2.45, 2.75) is 6.92 Å². The Hall–Kier alpha value is -0.610. The molecule has 12 heavy (non-hydrogen) atoms. The number of hydrogen-bond donors (Lipinski definition) is 1. The lowest BCUT2D eigenvalue weighted by molar-refractivity contribution is 0.0999. The first-order valence-electron chi connectivity index (χ1n) is 3.14. The summed E-state index contributed by atoms with van der Waals surface area (Å²) in [6.45, 7) is 1.75. The Balaban J connectivity index is 3.36. The fourth-order valence-electron chi connectivity index (χ4n) is 0.724. The first-order valence-corrected chi connectivity index (χ1v) is 4.31. The van der Waals surface area contributed by atoms with Crippen molar-refractivity contribution in [1.82, 2.24) is 4.98 Å². The molecule has 1 aromatic heterocycles. The molecule has 2 N–H and O–H groups in total. The number of halogens is 2. The van der Waals surface area contributed by atoms with Gasteiger partial charge in [0.2, 0.25) is 0 Å². The Labute approximate surface area is 83.1 Å². The zero-order valence-electron chi connectivity index (χ0n) is 6.27. The number of rotatable bonds is 1. The molecule has 64 valence electrons. The summed E-state index contributed by atoms with van der Waals surface area (Å²) in [6.07, 6.45) is 1.40. The summed E-state index contributed by atoms with van der Waals surface area (Å²) in [4.78, 5) is 14.7. The summed E-state index contributed by atoms with van der Waals surface area (Å²) in [7, 11) is 0. The van der Waals surface area contributed by atoms with Crippen LogP contribution in [0.5, 0.6) is 0 Å². The van der Waals surface area contributed by atoms with Gasteiger partial charge in [0.05, 0.1) is 20.8 Å². The second-order valence-corrected chi connectivity index (χ2v) is 3.42. The minimum atomic E-state index is -0.545. The highest BCUT2D eigenvalue weighted by Crippen LogP contribution is 2.27. The summed E-state index contributed by atoms with van der Waals surface area (Å²) in [6, 6.07) is 0. The van der Waals surface area contributed by atoms with Crippen molar-refractivity contribution in [2.24, 2.45) is 5.73 Å². The molecule has 0 aliphatic heterocycles. The predicted octanol–water partition coefficient (Wildman–Crippen LogP) is 1.90. The Morgan fingerprint density at radius 2 is 2.33 bits per heavy atom. The van der Waals surface area contributed by atoms with Gasteiger partial charge < -0.3 is 5.73 Å². The van der Waals surface area contributed by atoms with Crippen LogP contribution in [0.2, 0.25) is 5.02 Å². The van der Waals surface area contributed by atoms with E-state index >= 15 is 0 Å². The highest BCUT2D eigenvalue weighted by atomic mass is 79.9. The van der Waals surface area contributed by atoms with Crippen molar-refractivity contribution in [3.63, 3.8) is 0 Å². The van der Waals surface area contributed by atoms with Gasteiger partial charge in [0.25, 0.3) is 5.91 Å². The predicted molar refractivity (Wildman–Crippen MR) is 50.2 cm³/mol. The van der Waals surface area contributed by atoms with Gasteiger partial charge in [-0.3, -0.25) is 9.78 Å². The summed E-state index contributed by atoms with van der Waals surface area (Å²) in [5.74, 6) is -0.545. The van der Waals surface area contributed by atoms with Crippen LogP contribution in [0.3, 0.4) is 0 Å². The second kappa shape index (κ2) is 3.41. The van der Waals surface area contributed by atoms with Gasteiger partial charge >= 0.3 is 0 Å². The van der Waals surface area contributed by atoms with Crippen LogP contribution < -0.4 is 5.73 Å². The molecule has 0 aromatic carbocycles. The zero-order chi connectivity index (χ0) is 9.30. The van der Waals surface area contributed by atoms with E-state index in [1.54, 1.807) is 6.92 Å². The Kier molecular flexibility index (Phi) is 2.69. The minimum Gasteiger partial charge on any atom is -0.366 e. The molecule has 0 saturated heterocycles. The van der Waals surface area contributed by atoms with Crippen molar-refractivity contribution in [3.8, 4) is 0 Å². The highest BCUT2D eigenvalue weighted by molar-refractivity contribution is 9.10. The van der Waals surface area contributed by atoms with E-state index in [9.17, 15) is 4.79 Å². The number of aryl methyl sites for hydroxylation is 1. The highest BCUT2D eigenvalue weighted by Gasteiger charge is 2.11. The van der Waals surface area contributed by atoms with Crippen molar-refractivity contribution >= 4 is 33.4 Å². The molecule has 1 aromatic rings. The lowest BCUT2D eigenvalue weighted by Crippen LogP contribution is -2.12. The minimum absolute atomic E-state index is 0.297. The standard InChI is InChI=1S/C7H6BrClN2O/c1-3-6(9)5(8)4(2-11-3)7(10)12/h2H,1H3,(H2,10,12). The Bertz CT molecular complexity index is 340. The first-order chi connectivity index (χ1) is 5.54. The van der Waals surface area contributed by atoms with Crippen molar-refractivity contribution in [1.29, 1.82) is 0 Å². The molecule has 0 saturated carbocycles. The van der Waals surface area contributed by atoms with Gasteiger partial charge in [0.1, 0.15) is 0 Å². The summed E-state index contributed by atoms with van der Waals surface area (Å²) < 4.78 is 0.504. The van der Waals surface area contributed by atoms with Gasteiger partial charge in [-0.2, -0.15) is 0 Å². The molecule has 0 radical (unpaired) electrons. The van der Waals surface area contributed by atoms with Crippen molar-refractivity contribution in [2.75, 3.05) is 0 Å². The summed E-state index contributed by atoms with van der Waals surface area (Å²) in [5.41, 5.74) is 6.02. The normalized spacial score (nSPS) is 9.92. The van der Waals surface area contributed by atoms with Crippen LogP contribution in [0.25, 0.3) is 0 Å². The largest absolute Gasteiger partial charge is 0.366 e. The molecule has 0 unspecified atom stereocenters. The molecular weight excluding hydrogens is 243 g/mol. The van der Waals surface area contributed by atoms with Crippen molar-refractivity contribution < 1.29 is 4.79 Å². The third-order valence-corrected chi connectivity index (χ3v) is 2.91. The molecule has 0 aliphatic carbocycles. The van der Waals surface area contributed by atoms with Crippen LogP contribution in [0, 0.1) is 6.92 Å². The molecular formula is C7H6BrClN2O. The molecule has 1 heterocycles. The number of primary amides is 1. The fourth-order valence-corrected chi connectivity index (χ4v) is 1.46. The molecule has 3 nitrogen and oxygen atoms in total. The van der Waals surface area contributed by atoms with E-state index in [-0.39, 0.29) is 0 Å². The molecule has 0 bridgehead atoms. The van der Waals surface area contributed by atoms with E-state index in [4.69, 9.17) is 17.3 Å². The van der Waals surface area contributed by atoms with Crippen LogP contribution in [-0.2, 0) is 0 Å². The number of hydrogen-bond acceptors (Lipinski definition) is 2. The molecule has 0 atom stereocenters. The zero-order valence-corrected chi connectivity index (χ0v) is 8.61. The van der Waals surface area contributed by atoms with Gasteiger partial charge in [-0.1, -0.05) is 11.6 Å². The molecule has 0 spiro atoms. The summed E-state index contributed by atoms with van der Waals surface area (Å²) in [5, 5.41) is 0.423. The number of pyridine rings is 1. The monoisotopic (exact) mass is 248 g/mol. The van der Waals surface area contributed by atoms with Gasteiger partial charge in [-0.25, -0.2) is 0 Å². The van der Waals surface area contributed by atoms with Gasteiger partial charge in [0, 0.05) is 6.20 Å². The molecule has 0 aliphatic rings. The van der Waals surface area contributed by atoms with Gasteiger partial charge in [-0.15, -0.1) is 0 Å².